The molecule has 0 fully saturated rings. The molecule has 0 aliphatic rings. The van der Waals surface area contributed by atoms with E-state index < -0.39 is 0 Å². The van der Waals surface area contributed by atoms with Crippen molar-refractivity contribution in [3.05, 3.63) is 42.0 Å². The van der Waals surface area contributed by atoms with E-state index in [4.69, 9.17) is 22.0 Å². The van der Waals surface area contributed by atoms with Gasteiger partial charge in [-0.05, 0) is 42.8 Å². The number of anilines is 4. The molecule has 0 spiro atoms. The lowest BCUT2D eigenvalue weighted by molar-refractivity contribution is 0.115. The molecule has 0 saturated heterocycles. The molecule has 112 valence electrons. The summed E-state index contributed by atoms with van der Waals surface area (Å²) in [5.74, 6) is 0.0472. The molecule has 2 rings (SSSR count). The molecule has 21 heavy (non-hydrogen) atoms. The van der Waals surface area contributed by atoms with Crippen LogP contribution in [0.5, 0.6) is 5.75 Å². The number of nitrogen functional groups attached to an aromatic ring is 3. The van der Waals surface area contributed by atoms with E-state index in [9.17, 15) is 5.11 Å². The third kappa shape index (κ3) is 3.49. The second-order valence-corrected chi connectivity index (χ2v) is 4.66. The van der Waals surface area contributed by atoms with Crippen LogP contribution in [-0.2, 0) is 11.4 Å². The second kappa shape index (κ2) is 6.23. The second-order valence-electron chi connectivity index (χ2n) is 4.66. The first-order valence-corrected chi connectivity index (χ1v) is 6.64. The van der Waals surface area contributed by atoms with Crippen molar-refractivity contribution in [2.45, 2.75) is 13.5 Å². The van der Waals surface area contributed by atoms with Crippen molar-refractivity contribution >= 4 is 22.7 Å². The van der Waals surface area contributed by atoms with Crippen LogP contribution in [0.15, 0.2) is 36.4 Å². The van der Waals surface area contributed by atoms with Crippen LogP contribution in [0, 0.1) is 0 Å². The summed E-state index contributed by atoms with van der Waals surface area (Å²) in [5, 5.41) is 11.6. The van der Waals surface area contributed by atoms with Crippen LogP contribution in [-0.4, -0.2) is 11.7 Å². The van der Waals surface area contributed by atoms with E-state index in [-0.39, 0.29) is 5.75 Å². The average molecular weight is 288 g/mol. The SMILES string of the molecule is CCON(Cc1cc(N)ccc1N)c1ccc(N)cc1O. The van der Waals surface area contributed by atoms with Gasteiger partial charge in [-0.2, -0.15) is 0 Å². The molecule has 7 N–H and O–H groups in total. The minimum absolute atomic E-state index is 0.0472. The normalized spacial score (nSPS) is 10.5. The summed E-state index contributed by atoms with van der Waals surface area (Å²) in [5.41, 5.74) is 20.4. The van der Waals surface area contributed by atoms with Gasteiger partial charge in [-0.15, -0.1) is 0 Å². The number of phenolic OH excluding ortho intramolecular Hbond substituents is 1. The lowest BCUT2D eigenvalue weighted by Gasteiger charge is -2.25. The molecular weight excluding hydrogens is 268 g/mol. The third-order valence-corrected chi connectivity index (χ3v) is 3.03. The van der Waals surface area contributed by atoms with E-state index in [1.807, 2.05) is 6.92 Å². The summed E-state index contributed by atoms with van der Waals surface area (Å²) in [6.07, 6.45) is 0. The number of hydroxylamine groups is 1. The van der Waals surface area contributed by atoms with Crippen LogP contribution in [0.3, 0.4) is 0 Å². The molecule has 0 bridgehead atoms. The molecule has 0 aliphatic carbocycles. The van der Waals surface area contributed by atoms with Gasteiger partial charge in [-0.3, -0.25) is 4.84 Å². The van der Waals surface area contributed by atoms with Crippen LogP contribution in [0.4, 0.5) is 22.7 Å². The highest BCUT2D eigenvalue weighted by Gasteiger charge is 2.14. The predicted octanol–water partition coefficient (Wildman–Crippen LogP) is 2.10. The zero-order chi connectivity index (χ0) is 15.4. The Kier molecular flexibility index (Phi) is 4.39. The van der Waals surface area contributed by atoms with Gasteiger partial charge in [0.05, 0.1) is 13.2 Å². The molecule has 0 aromatic heterocycles. The lowest BCUT2D eigenvalue weighted by Crippen LogP contribution is -2.23. The topological polar surface area (TPSA) is 111 Å². The number of benzene rings is 2. The third-order valence-electron chi connectivity index (χ3n) is 3.03. The van der Waals surface area contributed by atoms with Gasteiger partial charge in [0.25, 0.3) is 0 Å². The highest BCUT2D eigenvalue weighted by molar-refractivity contribution is 5.63. The van der Waals surface area contributed by atoms with Crippen molar-refractivity contribution < 1.29 is 9.94 Å². The van der Waals surface area contributed by atoms with Crippen molar-refractivity contribution in [1.29, 1.82) is 0 Å². The first-order chi connectivity index (χ1) is 10.0. The number of rotatable bonds is 5. The quantitative estimate of drug-likeness (QED) is 0.495. The highest BCUT2D eigenvalue weighted by atomic mass is 16.7. The van der Waals surface area contributed by atoms with Gasteiger partial charge in [0.2, 0.25) is 0 Å². The number of phenols is 1. The fourth-order valence-corrected chi connectivity index (χ4v) is 2.02. The van der Waals surface area contributed by atoms with E-state index in [1.165, 1.54) is 6.07 Å². The maximum Gasteiger partial charge on any atom is 0.143 e. The summed E-state index contributed by atoms with van der Waals surface area (Å²) < 4.78 is 0. The largest absolute Gasteiger partial charge is 0.506 e. The molecule has 0 radical (unpaired) electrons. The van der Waals surface area contributed by atoms with E-state index in [2.05, 4.69) is 0 Å². The zero-order valence-corrected chi connectivity index (χ0v) is 11.9. The summed E-state index contributed by atoms with van der Waals surface area (Å²) in [4.78, 5) is 5.58. The molecule has 6 nitrogen and oxygen atoms in total. The molecule has 2 aromatic rings. The first-order valence-electron chi connectivity index (χ1n) is 6.64. The molecule has 0 saturated carbocycles. The van der Waals surface area contributed by atoms with Crippen molar-refractivity contribution in [2.75, 3.05) is 28.9 Å². The molecule has 0 aliphatic heterocycles. The van der Waals surface area contributed by atoms with E-state index >= 15 is 0 Å². The maximum absolute atomic E-state index is 10.0. The van der Waals surface area contributed by atoms with Crippen LogP contribution in [0.2, 0.25) is 0 Å². The fraction of sp³-hybridized carbons (Fsp3) is 0.200. The Morgan fingerprint density at radius 2 is 1.71 bits per heavy atom. The van der Waals surface area contributed by atoms with Crippen LogP contribution in [0.25, 0.3) is 0 Å². The highest BCUT2D eigenvalue weighted by Crippen LogP contribution is 2.31. The molecule has 0 atom stereocenters. The van der Waals surface area contributed by atoms with Crippen LogP contribution >= 0.6 is 0 Å². The number of hydrogen-bond donors (Lipinski definition) is 4. The number of nitrogens with zero attached hydrogens (tertiary/aromatic N) is 1. The molecular formula is C15H20N4O2. The summed E-state index contributed by atoms with van der Waals surface area (Å²) >= 11 is 0. The van der Waals surface area contributed by atoms with Gasteiger partial charge >= 0.3 is 0 Å². The summed E-state index contributed by atoms with van der Waals surface area (Å²) in [6.45, 7) is 2.68. The Morgan fingerprint density at radius 1 is 1.05 bits per heavy atom. The predicted molar refractivity (Wildman–Crippen MR) is 85.6 cm³/mol. The van der Waals surface area contributed by atoms with Gasteiger partial charge in [0.15, 0.2) is 0 Å². The Labute approximate surface area is 123 Å². The Balaban J connectivity index is 2.32. The van der Waals surface area contributed by atoms with Crippen molar-refractivity contribution in [1.82, 2.24) is 0 Å². The average Bonchev–Trinajstić information content (AvgIpc) is 2.42. The molecule has 0 heterocycles. The first kappa shape index (κ1) is 14.8. The molecule has 2 aromatic carbocycles. The van der Waals surface area contributed by atoms with Crippen molar-refractivity contribution in [2.24, 2.45) is 0 Å². The standard InChI is InChI=1S/C15H20N4O2/c1-2-21-19(14-6-4-12(17)8-15(14)20)9-10-7-11(16)3-5-13(10)18/h3-8,20H,2,9,16-18H2,1H3. The van der Waals surface area contributed by atoms with Crippen molar-refractivity contribution in [3.63, 3.8) is 0 Å². The minimum atomic E-state index is 0.0472. The number of hydrogen-bond acceptors (Lipinski definition) is 6. The summed E-state index contributed by atoms with van der Waals surface area (Å²) in [7, 11) is 0. The molecule has 0 amide bonds. The fourth-order valence-electron chi connectivity index (χ4n) is 2.02. The van der Waals surface area contributed by atoms with Gasteiger partial charge in [-0.25, -0.2) is 5.06 Å². The van der Waals surface area contributed by atoms with Crippen LogP contribution in [0.1, 0.15) is 12.5 Å². The Morgan fingerprint density at radius 3 is 2.38 bits per heavy atom. The number of nitrogens with two attached hydrogens (primary N) is 3. The lowest BCUT2D eigenvalue weighted by atomic mass is 10.1. The van der Waals surface area contributed by atoms with Gasteiger partial charge < -0.3 is 22.3 Å². The molecule has 0 unspecified atom stereocenters. The summed E-state index contributed by atoms with van der Waals surface area (Å²) in [6, 6.07) is 10.1. The number of aromatic hydroxyl groups is 1. The van der Waals surface area contributed by atoms with Gasteiger partial charge in [0, 0.05) is 23.1 Å². The minimum Gasteiger partial charge on any atom is -0.506 e. The van der Waals surface area contributed by atoms with E-state index in [0.29, 0.717) is 35.9 Å². The molecule has 6 heteroatoms. The Hall–Kier alpha value is -2.60. The smallest absolute Gasteiger partial charge is 0.143 e. The van der Waals surface area contributed by atoms with E-state index in [1.54, 1.807) is 35.4 Å². The Bertz CT molecular complexity index is 631. The van der Waals surface area contributed by atoms with Gasteiger partial charge in [-0.1, -0.05) is 0 Å². The van der Waals surface area contributed by atoms with Gasteiger partial charge in [0.1, 0.15) is 11.4 Å². The monoisotopic (exact) mass is 288 g/mol. The van der Waals surface area contributed by atoms with E-state index in [0.717, 1.165) is 5.56 Å². The van der Waals surface area contributed by atoms with Crippen molar-refractivity contribution in [3.8, 4) is 5.75 Å². The maximum atomic E-state index is 10.0. The zero-order valence-electron chi connectivity index (χ0n) is 11.9. The van der Waals surface area contributed by atoms with Crippen LogP contribution < -0.4 is 22.3 Å².